The molecule has 1 aliphatic carbocycles. The monoisotopic (exact) mass is 436 g/mol. The van der Waals surface area contributed by atoms with Crippen LogP contribution < -0.4 is 0 Å². The van der Waals surface area contributed by atoms with Crippen LogP contribution in [0.2, 0.25) is 0 Å². The van der Waals surface area contributed by atoms with Crippen molar-refractivity contribution in [2.75, 3.05) is 26.7 Å². The molecule has 0 aromatic heterocycles. The van der Waals surface area contributed by atoms with Crippen molar-refractivity contribution in [3.63, 3.8) is 0 Å². The quantitative estimate of drug-likeness (QED) is 0.746. The van der Waals surface area contributed by atoms with E-state index in [4.69, 9.17) is 0 Å². The van der Waals surface area contributed by atoms with E-state index in [0.717, 1.165) is 31.5 Å². The summed E-state index contributed by atoms with van der Waals surface area (Å²) in [4.78, 5) is 17.9. The van der Waals surface area contributed by atoms with Crippen LogP contribution in [0, 0.1) is 11.8 Å². The molecular formula is C27H36N2O3. The van der Waals surface area contributed by atoms with Gasteiger partial charge in [-0.1, -0.05) is 44.2 Å². The van der Waals surface area contributed by atoms with E-state index in [1.165, 1.54) is 0 Å². The maximum atomic E-state index is 13.6. The van der Waals surface area contributed by atoms with Gasteiger partial charge < -0.3 is 20.0 Å². The van der Waals surface area contributed by atoms with Crippen molar-refractivity contribution in [2.24, 2.45) is 11.8 Å². The third-order valence-electron chi connectivity index (χ3n) is 7.44. The minimum absolute atomic E-state index is 0.0361. The van der Waals surface area contributed by atoms with E-state index in [1.54, 1.807) is 6.07 Å². The lowest BCUT2D eigenvalue weighted by Crippen LogP contribution is -2.61. The molecule has 2 N–H and O–H groups in total. The van der Waals surface area contributed by atoms with Gasteiger partial charge in [0, 0.05) is 36.0 Å². The SMILES string of the molecule is CC(C)CN(C(=O)c1ccccc1)[C@@H]1CC(O)[C@@H]2CN(C)CC[C@@]2(c2cccc(O)c2)C1. The fourth-order valence-corrected chi connectivity index (χ4v) is 5.93. The number of piperidine rings is 1. The molecule has 4 rings (SSSR count). The van der Waals surface area contributed by atoms with E-state index in [2.05, 4.69) is 31.9 Å². The molecule has 2 aromatic rings. The zero-order valence-electron chi connectivity index (χ0n) is 19.4. The Labute approximate surface area is 191 Å². The predicted octanol–water partition coefficient (Wildman–Crippen LogP) is 3.90. The third-order valence-corrected chi connectivity index (χ3v) is 7.44. The molecule has 1 heterocycles. The lowest BCUT2D eigenvalue weighted by Gasteiger charge is -2.56. The highest BCUT2D eigenvalue weighted by Gasteiger charge is 2.53. The Kier molecular flexibility index (Phi) is 6.59. The summed E-state index contributed by atoms with van der Waals surface area (Å²) < 4.78 is 0. The Bertz CT molecular complexity index is 932. The molecule has 0 radical (unpaired) electrons. The number of aromatic hydroxyl groups is 1. The van der Waals surface area contributed by atoms with Crippen LogP contribution in [0.1, 0.15) is 49.0 Å². The molecule has 172 valence electrons. The first-order chi connectivity index (χ1) is 15.3. The van der Waals surface area contributed by atoms with E-state index in [-0.39, 0.29) is 29.0 Å². The number of hydrogen-bond donors (Lipinski definition) is 2. The van der Waals surface area contributed by atoms with Crippen molar-refractivity contribution in [1.82, 2.24) is 9.80 Å². The normalized spacial score (nSPS) is 28.3. The Morgan fingerprint density at radius 1 is 1.19 bits per heavy atom. The van der Waals surface area contributed by atoms with Crippen LogP contribution in [0.3, 0.4) is 0 Å². The van der Waals surface area contributed by atoms with E-state index >= 15 is 0 Å². The smallest absolute Gasteiger partial charge is 0.254 e. The minimum atomic E-state index is -0.503. The largest absolute Gasteiger partial charge is 0.508 e. The molecule has 2 aliphatic rings. The summed E-state index contributed by atoms with van der Waals surface area (Å²) in [6.07, 6.45) is 1.79. The molecule has 1 aliphatic heterocycles. The van der Waals surface area contributed by atoms with Gasteiger partial charge in [0.2, 0.25) is 0 Å². The summed E-state index contributed by atoms with van der Waals surface area (Å²) in [5.74, 6) is 0.693. The Hall–Kier alpha value is -2.37. The van der Waals surface area contributed by atoms with Crippen molar-refractivity contribution < 1.29 is 15.0 Å². The standard InChI is InChI=1S/C27H36N2O3/c1-19(2)17-29(26(32)20-8-5-4-6-9-20)22-15-25(31)24-18-28(3)13-12-27(24,16-22)21-10-7-11-23(30)14-21/h4-11,14,19,22,24-25,30-31H,12-13,15-18H2,1-3H3/t22-,24+,25?,27+/m1/s1. The highest BCUT2D eigenvalue weighted by Crippen LogP contribution is 2.50. The Balaban J connectivity index is 1.73. The van der Waals surface area contributed by atoms with Gasteiger partial charge in [0.05, 0.1) is 6.10 Å². The number of hydrogen-bond acceptors (Lipinski definition) is 4. The molecule has 0 spiro atoms. The van der Waals surface area contributed by atoms with Crippen molar-refractivity contribution in [2.45, 2.75) is 50.7 Å². The van der Waals surface area contributed by atoms with Crippen LogP contribution in [0.15, 0.2) is 54.6 Å². The number of aliphatic hydroxyl groups is 1. The van der Waals surface area contributed by atoms with E-state index < -0.39 is 6.10 Å². The van der Waals surface area contributed by atoms with Crippen LogP contribution >= 0.6 is 0 Å². The Morgan fingerprint density at radius 2 is 1.94 bits per heavy atom. The summed E-state index contributed by atoms with van der Waals surface area (Å²) in [5.41, 5.74) is 1.51. The van der Waals surface area contributed by atoms with Crippen LogP contribution in [0.25, 0.3) is 0 Å². The second-order valence-electron chi connectivity index (χ2n) is 10.2. The average molecular weight is 437 g/mol. The number of likely N-dealkylation sites (tertiary alicyclic amines) is 1. The van der Waals surface area contributed by atoms with Gasteiger partial charge in [-0.15, -0.1) is 0 Å². The van der Waals surface area contributed by atoms with Crippen molar-refractivity contribution >= 4 is 5.91 Å². The number of nitrogens with zero attached hydrogens (tertiary/aromatic N) is 2. The molecule has 2 aromatic carbocycles. The number of rotatable bonds is 5. The van der Waals surface area contributed by atoms with Gasteiger partial charge in [0.1, 0.15) is 5.75 Å². The number of benzene rings is 2. The number of amides is 1. The van der Waals surface area contributed by atoms with E-state index in [1.807, 2.05) is 47.4 Å². The minimum Gasteiger partial charge on any atom is -0.508 e. The zero-order valence-corrected chi connectivity index (χ0v) is 19.4. The summed E-state index contributed by atoms with van der Waals surface area (Å²) >= 11 is 0. The lowest BCUT2D eigenvalue weighted by atomic mass is 9.56. The second-order valence-corrected chi connectivity index (χ2v) is 10.2. The highest BCUT2D eigenvalue weighted by atomic mass is 16.3. The molecule has 5 nitrogen and oxygen atoms in total. The first-order valence-corrected chi connectivity index (χ1v) is 11.8. The summed E-state index contributed by atoms with van der Waals surface area (Å²) in [5, 5.41) is 21.6. The second kappa shape index (κ2) is 9.24. The van der Waals surface area contributed by atoms with Gasteiger partial charge in [-0.25, -0.2) is 0 Å². The van der Waals surface area contributed by atoms with Gasteiger partial charge in [-0.3, -0.25) is 4.79 Å². The molecule has 0 bridgehead atoms. The van der Waals surface area contributed by atoms with E-state index in [9.17, 15) is 15.0 Å². The summed E-state index contributed by atoms with van der Waals surface area (Å²) in [6, 6.07) is 17.0. The molecule has 32 heavy (non-hydrogen) atoms. The maximum absolute atomic E-state index is 13.6. The first-order valence-electron chi connectivity index (χ1n) is 11.8. The van der Waals surface area contributed by atoms with Crippen molar-refractivity contribution in [1.29, 1.82) is 0 Å². The van der Waals surface area contributed by atoms with Gasteiger partial charge in [-0.2, -0.15) is 0 Å². The number of phenolic OH excluding ortho intramolecular Hbond substituents is 1. The average Bonchev–Trinajstić information content (AvgIpc) is 2.78. The summed E-state index contributed by atoms with van der Waals surface area (Å²) in [6.45, 7) is 6.68. The maximum Gasteiger partial charge on any atom is 0.254 e. The molecule has 5 heteroatoms. The number of aliphatic hydroxyl groups excluding tert-OH is 1. The topological polar surface area (TPSA) is 64.0 Å². The summed E-state index contributed by atoms with van der Waals surface area (Å²) in [7, 11) is 2.11. The zero-order chi connectivity index (χ0) is 22.9. The van der Waals surface area contributed by atoms with Crippen molar-refractivity contribution in [3.8, 4) is 5.75 Å². The molecule has 1 unspecified atom stereocenters. The molecule has 4 atom stereocenters. The molecular weight excluding hydrogens is 400 g/mol. The van der Waals surface area contributed by atoms with E-state index in [0.29, 0.717) is 24.4 Å². The van der Waals surface area contributed by atoms with Gasteiger partial charge in [0.25, 0.3) is 5.91 Å². The number of carbonyl (C=O) groups excluding carboxylic acids is 1. The number of phenols is 1. The van der Waals surface area contributed by atoms with Crippen LogP contribution in [-0.4, -0.2) is 64.7 Å². The fourth-order valence-electron chi connectivity index (χ4n) is 5.93. The predicted molar refractivity (Wildman–Crippen MR) is 127 cm³/mol. The van der Waals surface area contributed by atoms with Crippen molar-refractivity contribution in [3.05, 3.63) is 65.7 Å². The third kappa shape index (κ3) is 4.41. The van der Waals surface area contributed by atoms with Gasteiger partial charge in [-0.05, 0) is 68.6 Å². The number of fused-ring (bicyclic) bond motifs is 1. The molecule has 1 saturated heterocycles. The lowest BCUT2D eigenvalue weighted by molar-refractivity contribution is -0.0606. The van der Waals surface area contributed by atoms with Crippen LogP contribution in [-0.2, 0) is 5.41 Å². The highest BCUT2D eigenvalue weighted by molar-refractivity contribution is 5.94. The fraction of sp³-hybridized carbons (Fsp3) is 0.519. The van der Waals surface area contributed by atoms with Gasteiger partial charge in [0.15, 0.2) is 0 Å². The molecule has 1 amide bonds. The Morgan fingerprint density at radius 3 is 2.62 bits per heavy atom. The first kappa shape index (κ1) is 22.8. The van der Waals surface area contributed by atoms with Crippen LogP contribution in [0.4, 0.5) is 0 Å². The number of carbonyl (C=O) groups is 1. The molecule has 1 saturated carbocycles. The molecule has 2 fully saturated rings. The van der Waals surface area contributed by atoms with Gasteiger partial charge >= 0.3 is 0 Å². The van der Waals surface area contributed by atoms with Crippen LogP contribution in [0.5, 0.6) is 5.75 Å².